The predicted octanol–water partition coefficient (Wildman–Crippen LogP) is 3.21. The van der Waals surface area contributed by atoms with Crippen molar-refractivity contribution in [2.75, 3.05) is 18.4 Å². The Morgan fingerprint density at radius 3 is 2.47 bits per heavy atom. The maximum absolute atomic E-state index is 11.8. The lowest BCUT2D eigenvalue weighted by molar-refractivity contribution is -0.115. The third-order valence-electron chi connectivity index (χ3n) is 3.85. The van der Waals surface area contributed by atoms with Gasteiger partial charge in [0.15, 0.2) is 0 Å². The molecule has 19 heavy (non-hydrogen) atoms. The van der Waals surface area contributed by atoms with Crippen LogP contribution in [0.5, 0.6) is 0 Å². The summed E-state index contributed by atoms with van der Waals surface area (Å²) >= 11 is 0. The number of rotatable bonds is 6. The van der Waals surface area contributed by atoms with E-state index in [0.717, 1.165) is 17.8 Å². The van der Waals surface area contributed by atoms with Crippen LogP contribution in [0.15, 0.2) is 24.3 Å². The number of amides is 1. The van der Waals surface area contributed by atoms with E-state index in [1.54, 1.807) is 0 Å². The van der Waals surface area contributed by atoms with Gasteiger partial charge in [0.25, 0.3) is 0 Å². The summed E-state index contributed by atoms with van der Waals surface area (Å²) in [6.45, 7) is 12.0. The molecule has 0 aliphatic rings. The molecule has 3 nitrogen and oxygen atoms in total. The molecule has 0 saturated carbocycles. The molecule has 0 spiro atoms. The molecule has 0 fully saturated rings. The quantitative estimate of drug-likeness (QED) is 0.826. The number of anilines is 1. The minimum atomic E-state index is 0.00820. The minimum absolute atomic E-state index is 0.00820. The van der Waals surface area contributed by atoms with E-state index in [9.17, 15) is 4.79 Å². The van der Waals surface area contributed by atoms with Crippen LogP contribution in [0.2, 0.25) is 0 Å². The number of carbonyl (C=O) groups excluding carboxylic acids is 1. The molecule has 0 radical (unpaired) electrons. The number of benzene rings is 1. The second-order valence-electron chi connectivity index (χ2n) is 6.11. The zero-order valence-electron chi connectivity index (χ0n) is 12.7. The predicted molar refractivity (Wildman–Crippen MR) is 81.3 cm³/mol. The lowest BCUT2D eigenvalue weighted by atomic mass is 9.81. The van der Waals surface area contributed by atoms with E-state index in [0.29, 0.717) is 12.5 Å². The number of para-hydroxylation sites is 1. The molecule has 0 heterocycles. The summed E-state index contributed by atoms with van der Waals surface area (Å²) in [5.41, 5.74) is 2.17. The Hall–Kier alpha value is -1.35. The van der Waals surface area contributed by atoms with E-state index in [2.05, 4.69) is 38.3 Å². The van der Waals surface area contributed by atoms with Crippen LogP contribution in [-0.2, 0) is 4.79 Å². The molecule has 0 unspecified atom stereocenters. The lowest BCUT2D eigenvalue weighted by Gasteiger charge is -2.29. The molecular formula is C16H26N2O. The van der Waals surface area contributed by atoms with Gasteiger partial charge >= 0.3 is 0 Å². The van der Waals surface area contributed by atoms with Gasteiger partial charge in [0.2, 0.25) is 5.91 Å². The molecule has 1 rings (SSSR count). The molecular weight excluding hydrogens is 236 g/mol. The van der Waals surface area contributed by atoms with E-state index in [-0.39, 0.29) is 11.3 Å². The van der Waals surface area contributed by atoms with Crippen molar-refractivity contribution >= 4 is 11.6 Å². The maximum Gasteiger partial charge on any atom is 0.238 e. The number of carbonyl (C=O) groups is 1. The van der Waals surface area contributed by atoms with Crippen molar-refractivity contribution in [3.05, 3.63) is 29.8 Å². The Morgan fingerprint density at radius 2 is 1.89 bits per heavy atom. The summed E-state index contributed by atoms with van der Waals surface area (Å²) in [4.78, 5) is 11.8. The van der Waals surface area contributed by atoms with Crippen LogP contribution in [0.3, 0.4) is 0 Å². The molecule has 0 atom stereocenters. The SMILES string of the molecule is Cc1ccccc1NC(=O)CNCC(C)(C)C(C)C. The Labute approximate surface area is 116 Å². The second kappa shape index (κ2) is 6.71. The molecule has 106 valence electrons. The maximum atomic E-state index is 11.8. The molecule has 0 aromatic heterocycles. The van der Waals surface area contributed by atoms with Gasteiger partial charge < -0.3 is 10.6 Å². The number of nitrogens with one attached hydrogen (secondary N) is 2. The fourth-order valence-electron chi connectivity index (χ4n) is 1.61. The van der Waals surface area contributed by atoms with Gasteiger partial charge in [-0.3, -0.25) is 4.79 Å². The van der Waals surface area contributed by atoms with Crippen molar-refractivity contribution in [1.82, 2.24) is 5.32 Å². The Kier molecular flexibility index (Phi) is 5.55. The smallest absolute Gasteiger partial charge is 0.238 e. The highest BCUT2D eigenvalue weighted by atomic mass is 16.1. The first-order valence-corrected chi connectivity index (χ1v) is 6.89. The summed E-state index contributed by atoms with van der Waals surface area (Å²) in [7, 11) is 0. The standard InChI is InChI=1S/C16H26N2O/c1-12(2)16(4,5)11-17-10-15(19)18-14-9-7-6-8-13(14)3/h6-9,12,17H,10-11H2,1-5H3,(H,18,19). The van der Waals surface area contributed by atoms with E-state index in [4.69, 9.17) is 0 Å². The van der Waals surface area contributed by atoms with Crippen molar-refractivity contribution in [3.63, 3.8) is 0 Å². The summed E-state index contributed by atoms with van der Waals surface area (Å²) in [6, 6.07) is 7.81. The molecule has 1 aromatic carbocycles. The average Bonchev–Trinajstić information content (AvgIpc) is 2.31. The summed E-state index contributed by atoms with van der Waals surface area (Å²) in [5.74, 6) is 0.591. The molecule has 2 N–H and O–H groups in total. The summed E-state index contributed by atoms with van der Waals surface area (Å²) in [6.07, 6.45) is 0. The fraction of sp³-hybridized carbons (Fsp3) is 0.562. The lowest BCUT2D eigenvalue weighted by Crippen LogP contribution is -2.37. The zero-order chi connectivity index (χ0) is 14.5. The highest BCUT2D eigenvalue weighted by molar-refractivity contribution is 5.92. The van der Waals surface area contributed by atoms with Crippen molar-refractivity contribution in [2.24, 2.45) is 11.3 Å². The van der Waals surface area contributed by atoms with Crippen LogP contribution >= 0.6 is 0 Å². The molecule has 0 aliphatic heterocycles. The summed E-state index contributed by atoms with van der Waals surface area (Å²) in [5, 5.41) is 6.16. The average molecular weight is 262 g/mol. The molecule has 0 aliphatic carbocycles. The van der Waals surface area contributed by atoms with E-state index < -0.39 is 0 Å². The Morgan fingerprint density at radius 1 is 1.26 bits per heavy atom. The van der Waals surface area contributed by atoms with Gasteiger partial charge in [-0.15, -0.1) is 0 Å². The third kappa shape index (κ3) is 5.03. The van der Waals surface area contributed by atoms with Gasteiger partial charge in [-0.1, -0.05) is 45.9 Å². The Bertz CT molecular complexity index is 425. The largest absolute Gasteiger partial charge is 0.325 e. The van der Waals surface area contributed by atoms with Crippen LogP contribution in [0.4, 0.5) is 5.69 Å². The van der Waals surface area contributed by atoms with E-state index in [1.165, 1.54) is 0 Å². The molecule has 0 bridgehead atoms. The van der Waals surface area contributed by atoms with Gasteiger partial charge in [-0.25, -0.2) is 0 Å². The van der Waals surface area contributed by atoms with Gasteiger partial charge in [0.05, 0.1) is 6.54 Å². The van der Waals surface area contributed by atoms with Crippen molar-refractivity contribution in [2.45, 2.75) is 34.6 Å². The van der Waals surface area contributed by atoms with Gasteiger partial charge in [0, 0.05) is 12.2 Å². The molecule has 1 aromatic rings. The normalized spacial score (nSPS) is 11.7. The van der Waals surface area contributed by atoms with Crippen LogP contribution in [0.1, 0.15) is 33.3 Å². The number of hydrogen-bond donors (Lipinski definition) is 2. The molecule has 3 heteroatoms. The Balaban J connectivity index is 2.39. The van der Waals surface area contributed by atoms with Crippen LogP contribution in [-0.4, -0.2) is 19.0 Å². The first kappa shape index (κ1) is 15.7. The topological polar surface area (TPSA) is 41.1 Å². The van der Waals surface area contributed by atoms with Crippen LogP contribution < -0.4 is 10.6 Å². The summed E-state index contributed by atoms with van der Waals surface area (Å²) < 4.78 is 0. The highest BCUT2D eigenvalue weighted by Crippen LogP contribution is 2.24. The fourth-order valence-corrected chi connectivity index (χ4v) is 1.61. The highest BCUT2D eigenvalue weighted by Gasteiger charge is 2.21. The van der Waals surface area contributed by atoms with Crippen LogP contribution in [0.25, 0.3) is 0 Å². The van der Waals surface area contributed by atoms with Crippen molar-refractivity contribution in [1.29, 1.82) is 0 Å². The minimum Gasteiger partial charge on any atom is -0.325 e. The van der Waals surface area contributed by atoms with Gasteiger partial charge in [-0.05, 0) is 29.9 Å². The zero-order valence-corrected chi connectivity index (χ0v) is 12.7. The third-order valence-corrected chi connectivity index (χ3v) is 3.85. The number of aryl methyl sites for hydroxylation is 1. The monoisotopic (exact) mass is 262 g/mol. The molecule has 1 amide bonds. The van der Waals surface area contributed by atoms with Gasteiger partial charge in [-0.2, -0.15) is 0 Å². The van der Waals surface area contributed by atoms with Crippen molar-refractivity contribution in [3.8, 4) is 0 Å². The second-order valence-corrected chi connectivity index (χ2v) is 6.11. The van der Waals surface area contributed by atoms with E-state index in [1.807, 2.05) is 31.2 Å². The number of hydrogen-bond acceptors (Lipinski definition) is 2. The van der Waals surface area contributed by atoms with E-state index >= 15 is 0 Å². The molecule has 0 saturated heterocycles. The first-order valence-electron chi connectivity index (χ1n) is 6.89. The van der Waals surface area contributed by atoms with Crippen molar-refractivity contribution < 1.29 is 4.79 Å². The first-order chi connectivity index (χ1) is 8.83. The van der Waals surface area contributed by atoms with Crippen LogP contribution in [0, 0.1) is 18.3 Å². The van der Waals surface area contributed by atoms with Gasteiger partial charge in [0.1, 0.15) is 0 Å².